The summed E-state index contributed by atoms with van der Waals surface area (Å²) in [4.78, 5) is 15.7. The van der Waals surface area contributed by atoms with Gasteiger partial charge in [0.05, 0.1) is 0 Å². The van der Waals surface area contributed by atoms with Crippen molar-refractivity contribution in [2.24, 2.45) is 5.92 Å². The third kappa shape index (κ3) is 4.66. The van der Waals surface area contributed by atoms with Gasteiger partial charge in [-0.3, -0.25) is 9.89 Å². The summed E-state index contributed by atoms with van der Waals surface area (Å²) in [5, 5.41) is 10.2. The second kappa shape index (κ2) is 7.38. The standard InChI is InChI=1S/C11H18N4O2S/c16-10(6-9-2-1-4-17-7-9)12-3-5-18-11-13-8-14-15-11/h8-9H,1-7H2,(H,12,16)(H,13,14,15). The minimum Gasteiger partial charge on any atom is -0.381 e. The largest absolute Gasteiger partial charge is 0.381 e. The predicted molar refractivity (Wildman–Crippen MR) is 68.3 cm³/mol. The van der Waals surface area contributed by atoms with E-state index in [9.17, 15) is 4.79 Å². The monoisotopic (exact) mass is 270 g/mol. The Bertz CT molecular complexity index is 352. The minimum atomic E-state index is 0.115. The number of aromatic amines is 1. The number of nitrogens with one attached hydrogen (secondary N) is 2. The van der Waals surface area contributed by atoms with Gasteiger partial charge < -0.3 is 10.1 Å². The molecule has 0 saturated carbocycles. The number of rotatable bonds is 6. The fourth-order valence-corrected chi connectivity index (χ4v) is 2.54. The Morgan fingerprint density at radius 1 is 1.67 bits per heavy atom. The lowest BCUT2D eigenvalue weighted by Gasteiger charge is -2.21. The first-order chi connectivity index (χ1) is 8.84. The molecule has 2 N–H and O–H groups in total. The number of nitrogens with zero attached hydrogens (tertiary/aromatic N) is 2. The third-order valence-corrected chi connectivity index (χ3v) is 3.66. The van der Waals surface area contributed by atoms with Crippen molar-refractivity contribution in [1.29, 1.82) is 0 Å². The van der Waals surface area contributed by atoms with Crippen LogP contribution in [0.3, 0.4) is 0 Å². The van der Waals surface area contributed by atoms with Crippen molar-refractivity contribution in [2.75, 3.05) is 25.5 Å². The van der Waals surface area contributed by atoms with Gasteiger partial charge in [-0.2, -0.15) is 5.10 Å². The van der Waals surface area contributed by atoms with Gasteiger partial charge in [-0.25, -0.2) is 4.98 Å². The Hall–Kier alpha value is -1.08. The molecule has 6 nitrogen and oxygen atoms in total. The molecular formula is C11H18N4O2S. The molecule has 1 aromatic heterocycles. The van der Waals surface area contributed by atoms with Crippen LogP contribution in [0.25, 0.3) is 0 Å². The zero-order valence-corrected chi connectivity index (χ0v) is 11.0. The molecule has 1 aliphatic heterocycles. The molecule has 1 aliphatic rings. The molecule has 1 saturated heterocycles. The van der Waals surface area contributed by atoms with E-state index in [0.29, 0.717) is 18.9 Å². The van der Waals surface area contributed by atoms with Crippen LogP contribution < -0.4 is 5.32 Å². The Morgan fingerprint density at radius 2 is 2.61 bits per heavy atom. The van der Waals surface area contributed by atoms with E-state index in [1.54, 1.807) is 11.8 Å². The van der Waals surface area contributed by atoms with Crippen LogP contribution in [0.1, 0.15) is 19.3 Å². The molecule has 2 rings (SSSR count). The molecule has 18 heavy (non-hydrogen) atoms. The summed E-state index contributed by atoms with van der Waals surface area (Å²) in [6, 6.07) is 0. The van der Waals surface area contributed by atoms with Crippen LogP contribution in [0.15, 0.2) is 11.5 Å². The second-order valence-corrected chi connectivity index (χ2v) is 5.36. The summed E-state index contributed by atoms with van der Waals surface area (Å²) in [5.74, 6) is 1.30. The fraction of sp³-hybridized carbons (Fsp3) is 0.727. The predicted octanol–water partition coefficient (Wildman–Crippen LogP) is 0.830. The van der Waals surface area contributed by atoms with Crippen molar-refractivity contribution < 1.29 is 9.53 Å². The molecule has 7 heteroatoms. The SMILES string of the molecule is O=C(CC1CCCOC1)NCCSc1ncn[nH]1. The maximum atomic E-state index is 11.7. The summed E-state index contributed by atoms with van der Waals surface area (Å²) in [6.07, 6.45) is 4.22. The summed E-state index contributed by atoms with van der Waals surface area (Å²) >= 11 is 1.55. The molecule has 0 radical (unpaired) electrons. The number of carbonyl (C=O) groups excluding carboxylic acids is 1. The molecule has 0 bridgehead atoms. The number of hydrogen-bond acceptors (Lipinski definition) is 5. The maximum absolute atomic E-state index is 11.7. The van der Waals surface area contributed by atoms with Crippen LogP contribution in [-0.4, -0.2) is 46.6 Å². The summed E-state index contributed by atoms with van der Waals surface area (Å²) in [7, 11) is 0. The number of H-pyrrole nitrogens is 1. The van der Waals surface area contributed by atoms with E-state index in [1.807, 2.05) is 0 Å². The Morgan fingerprint density at radius 3 is 3.33 bits per heavy atom. The van der Waals surface area contributed by atoms with Gasteiger partial charge in [0, 0.05) is 31.9 Å². The van der Waals surface area contributed by atoms with Crippen molar-refractivity contribution in [3.63, 3.8) is 0 Å². The summed E-state index contributed by atoms with van der Waals surface area (Å²) in [6.45, 7) is 2.21. The van der Waals surface area contributed by atoms with Gasteiger partial charge in [0.15, 0.2) is 5.16 Å². The number of hydrogen-bond donors (Lipinski definition) is 2. The number of carbonyl (C=O) groups is 1. The molecule has 1 atom stereocenters. The summed E-state index contributed by atoms with van der Waals surface area (Å²) in [5.41, 5.74) is 0. The van der Waals surface area contributed by atoms with Crippen LogP contribution in [0.4, 0.5) is 0 Å². The number of aromatic nitrogens is 3. The maximum Gasteiger partial charge on any atom is 0.220 e. The first-order valence-electron chi connectivity index (χ1n) is 6.17. The number of amides is 1. The Kier molecular flexibility index (Phi) is 5.47. The fourth-order valence-electron chi connectivity index (χ4n) is 1.90. The number of thioether (sulfide) groups is 1. The first kappa shape index (κ1) is 13.4. The Balaban J connectivity index is 1.54. The molecule has 1 amide bonds. The highest BCUT2D eigenvalue weighted by molar-refractivity contribution is 7.99. The van der Waals surface area contributed by atoms with Crippen molar-refractivity contribution in [3.05, 3.63) is 6.33 Å². The van der Waals surface area contributed by atoms with Gasteiger partial charge in [0.2, 0.25) is 5.91 Å². The smallest absolute Gasteiger partial charge is 0.220 e. The molecule has 0 aliphatic carbocycles. The van der Waals surface area contributed by atoms with Crippen LogP contribution in [0.2, 0.25) is 0 Å². The van der Waals surface area contributed by atoms with Crippen molar-refractivity contribution in [1.82, 2.24) is 20.5 Å². The highest BCUT2D eigenvalue weighted by Gasteiger charge is 2.17. The lowest BCUT2D eigenvalue weighted by atomic mass is 9.98. The number of ether oxygens (including phenoxy) is 1. The van der Waals surface area contributed by atoms with Gasteiger partial charge in [0.25, 0.3) is 0 Å². The Labute approximate surface area is 110 Å². The molecule has 1 fully saturated rings. The van der Waals surface area contributed by atoms with Gasteiger partial charge in [-0.15, -0.1) is 0 Å². The van der Waals surface area contributed by atoms with Gasteiger partial charge in [0.1, 0.15) is 6.33 Å². The lowest BCUT2D eigenvalue weighted by molar-refractivity contribution is -0.122. The van der Waals surface area contributed by atoms with E-state index in [0.717, 1.165) is 37.0 Å². The van der Waals surface area contributed by atoms with Crippen LogP contribution in [0.5, 0.6) is 0 Å². The average Bonchev–Trinajstić information content (AvgIpc) is 2.89. The molecule has 0 spiro atoms. The average molecular weight is 270 g/mol. The van der Waals surface area contributed by atoms with Gasteiger partial charge in [-0.1, -0.05) is 11.8 Å². The van der Waals surface area contributed by atoms with Crippen LogP contribution >= 0.6 is 11.8 Å². The van der Waals surface area contributed by atoms with Crippen LogP contribution in [0, 0.1) is 5.92 Å². The van der Waals surface area contributed by atoms with E-state index in [-0.39, 0.29) is 5.91 Å². The molecular weight excluding hydrogens is 252 g/mol. The zero-order chi connectivity index (χ0) is 12.6. The van der Waals surface area contributed by atoms with E-state index in [2.05, 4.69) is 20.5 Å². The van der Waals surface area contributed by atoms with Crippen molar-refractivity contribution in [2.45, 2.75) is 24.4 Å². The molecule has 1 aromatic rings. The highest BCUT2D eigenvalue weighted by atomic mass is 32.2. The molecule has 1 unspecified atom stereocenters. The zero-order valence-electron chi connectivity index (χ0n) is 10.2. The highest BCUT2D eigenvalue weighted by Crippen LogP contribution is 2.16. The minimum absolute atomic E-state index is 0.115. The van der Waals surface area contributed by atoms with Crippen LogP contribution in [-0.2, 0) is 9.53 Å². The van der Waals surface area contributed by atoms with E-state index in [4.69, 9.17) is 4.74 Å². The lowest BCUT2D eigenvalue weighted by Crippen LogP contribution is -2.30. The first-order valence-corrected chi connectivity index (χ1v) is 7.16. The van der Waals surface area contributed by atoms with E-state index in [1.165, 1.54) is 6.33 Å². The van der Waals surface area contributed by atoms with E-state index < -0.39 is 0 Å². The van der Waals surface area contributed by atoms with Crippen molar-refractivity contribution in [3.8, 4) is 0 Å². The second-order valence-electron chi connectivity index (χ2n) is 4.28. The summed E-state index contributed by atoms with van der Waals surface area (Å²) < 4.78 is 5.35. The quantitative estimate of drug-likeness (QED) is 0.591. The van der Waals surface area contributed by atoms with E-state index >= 15 is 0 Å². The van der Waals surface area contributed by atoms with Gasteiger partial charge >= 0.3 is 0 Å². The topological polar surface area (TPSA) is 79.9 Å². The molecule has 100 valence electrons. The molecule has 0 aromatic carbocycles. The van der Waals surface area contributed by atoms with Gasteiger partial charge in [-0.05, 0) is 18.8 Å². The normalized spacial score (nSPS) is 19.7. The molecule has 2 heterocycles. The third-order valence-electron chi connectivity index (χ3n) is 2.78. The van der Waals surface area contributed by atoms with Crippen molar-refractivity contribution >= 4 is 17.7 Å².